The number of benzene rings is 1. The molecule has 1 fully saturated rings. The van der Waals surface area contributed by atoms with Gasteiger partial charge in [0.05, 0.1) is 11.8 Å². The van der Waals surface area contributed by atoms with Crippen molar-refractivity contribution in [3.8, 4) is 5.75 Å². The molecule has 1 aromatic carbocycles. The first-order chi connectivity index (χ1) is 10.5. The third-order valence-electron chi connectivity index (χ3n) is 4.13. The third-order valence-corrected chi connectivity index (χ3v) is 4.13. The van der Waals surface area contributed by atoms with Crippen molar-refractivity contribution in [2.24, 2.45) is 11.8 Å². The number of carbonyl (C=O) groups excluding carboxylic acids is 2. The van der Waals surface area contributed by atoms with E-state index in [-0.39, 0.29) is 23.6 Å². The van der Waals surface area contributed by atoms with Crippen molar-refractivity contribution in [1.29, 1.82) is 0 Å². The van der Waals surface area contributed by atoms with E-state index in [1.807, 2.05) is 0 Å². The van der Waals surface area contributed by atoms with E-state index in [9.17, 15) is 14.4 Å². The van der Waals surface area contributed by atoms with E-state index in [0.717, 1.165) is 0 Å². The van der Waals surface area contributed by atoms with Crippen LogP contribution in [0.2, 0.25) is 0 Å². The number of carboxylic acid groups (broad SMARTS) is 1. The molecule has 0 atom stereocenters. The van der Waals surface area contributed by atoms with Crippen molar-refractivity contribution in [2.45, 2.75) is 39.0 Å². The van der Waals surface area contributed by atoms with Gasteiger partial charge in [-0.1, -0.05) is 6.92 Å². The van der Waals surface area contributed by atoms with Gasteiger partial charge >= 0.3 is 11.9 Å². The fraction of sp³-hybridized carbons (Fsp3) is 0.471. The molecule has 0 bridgehead atoms. The molecule has 0 heterocycles. The maximum atomic E-state index is 12.1. The second kappa shape index (κ2) is 7.20. The average Bonchev–Trinajstić information content (AvgIpc) is 2.54. The molecule has 5 heteroatoms. The van der Waals surface area contributed by atoms with Crippen LogP contribution in [0.1, 0.15) is 49.4 Å². The highest BCUT2D eigenvalue weighted by Gasteiger charge is 2.30. The summed E-state index contributed by atoms with van der Waals surface area (Å²) in [6.07, 6.45) is 2.55. The molecule has 2 rings (SSSR count). The van der Waals surface area contributed by atoms with E-state index in [0.29, 0.717) is 43.4 Å². The second-order valence-corrected chi connectivity index (χ2v) is 5.61. The zero-order valence-electron chi connectivity index (χ0n) is 12.6. The first-order valence-electron chi connectivity index (χ1n) is 7.59. The highest BCUT2D eigenvalue weighted by atomic mass is 16.5. The van der Waals surface area contributed by atoms with Crippen molar-refractivity contribution in [3.63, 3.8) is 0 Å². The topological polar surface area (TPSA) is 80.7 Å². The Labute approximate surface area is 129 Å². The van der Waals surface area contributed by atoms with Crippen molar-refractivity contribution in [1.82, 2.24) is 0 Å². The summed E-state index contributed by atoms with van der Waals surface area (Å²) in [5, 5.41) is 8.95. The Balaban J connectivity index is 1.90. The summed E-state index contributed by atoms with van der Waals surface area (Å²) in [4.78, 5) is 34.5. The molecule has 5 nitrogen and oxygen atoms in total. The number of carbonyl (C=O) groups is 3. The van der Waals surface area contributed by atoms with Gasteiger partial charge in [0.2, 0.25) is 0 Å². The molecule has 1 aromatic rings. The molecule has 1 saturated carbocycles. The number of Topliss-reactive ketones (excluding diaryl/α,β-unsaturated/α-hetero) is 1. The molecule has 0 saturated heterocycles. The molecular weight excluding hydrogens is 284 g/mol. The van der Waals surface area contributed by atoms with Crippen LogP contribution in [0.4, 0.5) is 0 Å². The molecule has 118 valence electrons. The van der Waals surface area contributed by atoms with Crippen LogP contribution in [0.25, 0.3) is 0 Å². The minimum atomic E-state index is -0.789. The van der Waals surface area contributed by atoms with Crippen LogP contribution in [-0.2, 0) is 9.59 Å². The SMILES string of the molecule is CCC(=O)c1ccc(OC(=O)C2CCC(C(=O)O)CC2)cc1. The highest BCUT2D eigenvalue weighted by molar-refractivity contribution is 5.95. The van der Waals surface area contributed by atoms with Crippen LogP contribution in [0, 0.1) is 11.8 Å². The molecular formula is C17H20O5. The number of hydrogen-bond donors (Lipinski definition) is 1. The van der Waals surface area contributed by atoms with E-state index in [2.05, 4.69) is 0 Å². The standard InChI is InChI=1S/C17H20O5/c1-2-15(18)11-7-9-14(10-8-11)22-17(21)13-5-3-12(4-6-13)16(19)20/h7-10,12-13H,2-6H2,1H3,(H,19,20). The van der Waals surface area contributed by atoms with Crippen LogP contribution < -0.4 is 4.74 Å². The third kappa shape index (κ3) is 3.93. The van der Waals surface area contributed by atoms with Crippen LogP contribution >= 0.6 is 0 Å². The van der Waals surface area contributed by atoms with Gasteiger partial charge in [-0.3, -0.25) is 14.4 Å². The van der Waals surface area contributed by atoms with Gasteiger partial charge in [-0.05, 0) is 49.9 Å². The summed E-state index contributed by atoms with van der Waals surface area (Å²) in [6, 6.07) is 6.53. The van der Waals surface area contributed by atoms with Crippen LogP contribution in [0.5, 0.6) is 5.75 Å². The molecule has 0 aromatic heterocycles. The molecule has 22 heavy (non-hydrogen) atoms. The Hall–Kier alpha value is -2.17. The predicted molar refractivity (Wildman–Crippen MR) is 79.8 cm³/mol. The Kier molecular flexibility index (Phi) is 5.31. The van der Waals surface area contributed by atoms with Gasteiger partial charge in [-0.15, -0.1) is 0 Å². The summed E-state index contributed by atoms with van der Waals surface area (Å²) in [6.45, 7) is 1.80. The van der Waals surface area contributed by atoms with Crippen molar-refractivity contribution < 1.29 is 24.2 Å². The minimum Gasteiger partial charge on any atom is -0.481 e. The Morgan fingerprint density at radius 1 is 1.05 bits per heavy atom. The lowest BCUT2D eigenvalue weighted by Gasteiger charge is -2.24. The zero-order chi connectivity index (χ0) is 16.1. The van der Waals surface area contributed by atoms with Crippen LogP contribution in [0.3, 0.4) is 0 Å². The van der Waals surface area contributed by atoms with Crippen LogP contribution in [0.15, 0.2) is 24.3 Å². The Bertz CT molecular complexity index is 553. The molecule has 0 spiro atoms. The summed E-state index contributed by atoms with van der Waals surface area (Å²) in [5.41, 5.74) is 0.601. The van der Waals surface area contributed by atoms with Gasteiger partial charge in [-0.2, -0.15) is 0 Å². The van der Waals surface area contributed by atoms with E-state index in [1.54, 1.807) is 31.2 Å². The Morgan fingerprint density at radius 2 is 1.59 bits per heavy atom. The lowest BCUT2D eigenvalue weighted by atomic mass is 9.82. The lowest BCUT2D eigenvalue weighted by Crippen LogP contribution is -2.28. The van der Waals surface area contributed by atoms with E-state index < -0.39 is 5.97 Å². The summed E-state index contributed by atoms with van der Waals surface area (Å²) >= 11 is 0. The number of rotatable bonds is 5. The molecule has 0 unspecified atom stereocenters. The first kappa shape index (κ1) is 16.2. The van der Waals surface area contributed by atoms with Crippen molar-refractivity contribution in [2.75, 3.05) is 0 Å². The maximum Gasteiger partial charge on any atom is 0.314 e. The quantitative estimate of drug-likeness (QED) is 0.513. The zero-order valence-corrected chi connectivity index (χ0v) is 12.6. The monoisotopic (exact) mass is 304 g/mol. The Morgan fingerprint density at radius 3 is 2.09 bits per heavy atom. The van der Waals surface area contributed by atoms with Crippen molar-refractivity contribution in [3.05, 3.63) is 29.8 Å². The number of esters is 1. The van der Waals surface area contributed by atoms with Crippen LogP contribution in [-0.4, -0.2) is 22.8 Å². The summed E-state index contributed by atoms with van der Waals surface area (Å²) in [7, 11) is 0. The molecule has 1 aliphatic carbocycles. The van der Waals surface area contributed by atoms with Gasteiger partial charge in [-0.25, -0.2) is 0 Å². The van der Waals surface area contributed by atoms with E-state index in [4.69, 9.17) is 9.84 Å². The molecule has 1 aliphatic rings. The maximum absolute atomic E-state index is 12.1. The van der Waals surface area contributed by atoms with Gasteiger partial charge in [0.15, 0.2) is 5.78 Å². The van der Waals surface area contributed by atoms with Gasteiger partial charge in [0, 0.05) is 12.0 Å². The van der Waals surface area contributed by atoms with Gasteiger partial charge in [0.25, 0.3) is 0 Å². The average molecular weight is 304 g/mol. The van der Waals surface area contributed by atoms with Crippen molar-refractivity contribution >= 4 is 17.7 Å². The number of carboxylic acids is 1. The summed E-state index contributed by atoms with van der Waals surface area (Å²) < 4.78 is 5.32. The number of aliphatic carboxylic acids is 1. The molecule has 1 N–H and O–H groups in total. The largest absolute Gasteiger partial charge is 0.481 e. The highest BCUT2D eigenvalue weighted by Crippen LogP contribution is 2.30. The molecule has 0 aliphatic heterocycles. The molecule has 0 amide bonds. The number of ether oxygens (including phenoxy) is 1. The number of hydrogen-bond acceptors (Lipinski definition) is 4. The molecule has 0 radical (unpaired) electrons. The fourth-order valence-corrected chi connectivity index (χ4v) is 2.69. The normalized spacial score (nSPS) is 21.1. The van der Waals surface area contributed by atoms with Gasteiger partial charge in [0.1, 0.15) is 5.75 Å². The smallest absolute Gasteiger partial charge is 0.314 e. The predicted octanol–water partition coefficient (Wildman–Crippen LogP) is 3.08. The number of ketones is 1. The fourth-order valence-electron chi connectivity index (χ4n) is 2.69. The minimum absolute atomic E-state index is 0.0462. The lowest BCUT2D eigenvalue weighted by molar-refractivity contribution is -0.146. The summed E-state index contributed by atoms with van der Waals surface area (Å²) in [5.74, 6) is -1.24. The van der Waals surface area contributed by atoms with Gasteiger partial charge < -0.3 is 9.84 Å². The van der Waals surface area contributed by atoms with E-state index in [1.165, 1.54) is 0 Å². The first-order valence-corrected chi connectivity index (χ1v) is 7.59. The van der Waals surface area contributed by atoms with E-state index >= 15 is 0 Å². The second-order valence-electron chi connectivity index (χ2n) is 5.61.